The molecule has 3 aromatic rings. The van der Waals surface area contributed by atoms with E-state index in [0.717, 1.165) is 15.9 Å². The first-order chi connectivity index (χ1) is 11.4. The highest BCUT2D eigenvalue weighted by Crippen LogP contribution is 2.29. The molecule has 0 atom stereocenters. The number of halogens is 1. The molecule has 134 valence electrons. The Kier molecular flexibility index (Phi) is 5.87. The highest BCUT2D eigenvalue weighted by molar-refractivity contribution is 7.20. The normalized spacial score (nSPS) is 11.4. The SMILES string of the molecule is Cc1nn(Cc2ccccc2)c2sc(C(=O)NC(C)(C)CN)cc12.Cl. The zero-order valence-electron chi connectivity index (χ0n) is 14.6. The first-order valence-electron chi connectivity index (χ1n) is 7.93. The highest BCUT2D eigenvalue weighted by atomic mass is 35.5. The Morgan fingerprint density at radius 2 is 2.00 bits per heavy atom. The molecule has 5 nitrogen and oxygen atoms in total. The zero-order valence-corrected chi connectivity index (χ0v) is 16.2. The molecule has 2 aromatic heterocycles. The molecule has 1 aromatic carbocycles. The predicted octanol–water partition coefficient (Wildman–Crippen LogP) is 3.34. The van der Waals surface area contributed by atoms with Crippen molar-refractivity contribution in [1.82, 2.24) is 15.1 Å². The van der Waals surface area contributed by atoms with E-state index in [9.17, 15) is 4.79 Å². The predicted molar refractivity (Wildman–Crippen MR) is 106 cm³/mol. The summed E-state index contributed by atoms with van der Waals surface area (Å²) in [4.78, 5) is 14.2. The molecule has 0 unspecified atom stereocenters. The van der Waals surface area contributed by atoms with Crippen molar-refractivity contribution in [3.05, 3.63) is 52.5 Å². The molecule has 0 aliphatic carbocycles. The summed E-state index contributed by atoms with van der Waals surface area (Å²) in [6.45, 7) is 6.90. The second-order valence-electron chi connectivity index (χ2n) is 6.60. The molecule has 7 heteroatoms. The Labute approximate surface area is 157 Å². The molecule has 1 amide bonds. The van der Waals surface area contributed by atoms with Crippen LogP contribution in [0, 0.1) is 6.92 Å². The van der Waals surface area contributed by atoms with Crippen LogP contribution < -0.4 is 11.1 Å². The molecule has 0 radical (unpaired) electrons. The Bertz CT molecular complexity index is 870. The number of carbonyl (C=O) groups excluding carboxylic acids is 1. The largest absolute Gasteiger partial charge is 0.345 e. The van der Waals surface area contributed by atoms with Gasteiger partial charge in [-0.1, -0.05) is 30.3 Å². The number of nitrogens with one attached hydrogen (secondary N) is 1. The van der Waals surface area contributed by atoms with E-state index < -0.39 is 5.54 Å². The monoisotopic (exact) mass is 378 g/mol. The number of benzene rings is 1. The van der Waals surface area contributed by atoms with E-state index in [0.29, 0.717) is 18.0 Å². The van der Waals surface area contributed by atoms with Gasteiger partial charge in [-0.3, -0.25) is 9.48 Å². The first kappa shape index (κ1) is 19.4. The average molecular weight is 379 g/mol. The van der Waals surface area contributed by atoms with Gasteiger partial charge in [0.2, 0.25) is 0 Å². The van der Waals surface area contributed by atoms with Crippen molar-refractivity contribution in [2.24, 2.45) is 5.73 Å². The summed E-state index contributed by atoms with van der Waals surface area (Å²) in [6.07, 6.45) is 0. The van der Waals surface area contributed by atoms with Crippen molar-refractivity contribution < 1.29 is 4.79 Å². The molecular weight excluding hydrogens is 356 g/mol. The number of fused-ring (bicyclic) bond motifs is 1. The van der Waals surface area contributed by atoms with E-state index >= 15 is 0 Å². The topological polar surface area (TPSA) is 72.9 Å². The molecular formula is C18H23ClN4OS. The number of aryl methyl sites for hydroxylation is 1. The van der Waals surface area contributed by atoms with Gasteiger partial charge in [-0.05, 0) is 32.4 Å². The molecule has 0 saturated heterocycles. The quantitative estimate of drug-likeness (QED) is 0.715. The van der Waals surface area contributed by atoms with Crippen LogP contribution in [0.25, 0.3) is 10.2 Å². The minimum atomic E-state index is -0.418. The number of thiophene rings is 1. The van der Waals surface area contributed by atoms with Crippen LogP contribution in [0.5, 0.6) is 0 Å². The molecule has 0 aliphatic heterocycles. The van der Waals surface area contributed by atoms with E-state index in [1.807, 2.05) is 49.7 Å². The van der Waals surface area contributed by atoms with Gasteiger partial charge >= 0.3 is 0 Å². The van der Waals surface area contributed by atoms with Crippen molar-refractivity contribution in [3.63, 3.8) is 0 Å². The Morgan fingerprint density at radius 3 is 2.64 bits per heavy atom. The van der Waals surface area contributed by atoms with E-state index in [4.69, 9.17) is 5.73 Å². The molecule has 3 rings (SSSR count). The summed E-state index contributed by atoms with van der Waals surface area (Å²) in [7, 11) is 0. The third-order valence-electron chi connectivity index (χ3n) is 3.97. The van der Waals surface area contributed by atoms with Crippen LogP contribution in [0.1, 0.15) is 34.8 Å². The van der Waals surface area contributed by atoms with Crippen LogP contribution in [0.3, 0.4) is 0 Å². The molecule has 0 spiro atoms. The van der Waals surface area contributed by atoms with Gasteiger partial charge in [-0.2, -0.15) is 5.10 Å². The lowest BCUT2D eigenvalue weighted by Crippen LogP contribution is -2.48. The van der Waals surface area contributed by atoms with Crippen LogP contribution in [0.4, 0.5) is 0 Å². The Hall–Kier alpha value is -1.89. The van der Waals surface area contributed by atoms with Gasteiger partial charge in [-0.25, -0.2) is 0 Å². The Morgan fingerprint density at radius 1 is 1.32 bits per heavy atom. The number of amides is 1. The van der Waals surface area contributed by atoms with Gasteiger partial charge in [0, 0.05) is 17.5 Å². The number of nitrogens with two attached hydrogens (primary N) is 1. The molecule has 3 N–H and O–H groups in total. The summed E-state index contributed by atoms with van der Waals surface area (Å²) < 4.78 is 1.97. The van der Waals surface area contributed by atoms with Gasteiger partial charge in [0.15, 0.2) is 0 Å². The molecule has 0 aliphatic rings. The summed E-state index contributed by atoms with van der Waals surface area (Å²) in [5, 5.41) is 8.62. The van der Waals surface area contributed by atoms with E-state index in [-0.39, 0.29) is 18.3 Å². The number of rotatable bonds is 5. The number of hydrogen-bond acceptors (Lipinski definition) is 4. The fourth-order valence-corrected chi connectivity index (χ4v) is 3.56. The molecule has 0 saturated carbocycles. The van der Waals surface area contributed by atoms with E-state index in [2.05, 4.69) is 22.5 Å². The second-order valence-corrected chi connectivity index (χ2v) is 7.63. The van der Waals surface area contributed by atoms with Gasteiger partial charge in [0.05, 0.1) is 17.1 Å². The van der Waals surface area contributed by atoms with Gasteiger partial charge < -0.3 is 11.1 Å². The van der Waals surface area contributed by atoms with Crippen molar-refractivity contribution in [3.8, 4) is 0 Å². The van der Waals surface area contributed by atoms with Crippen LogP contribution in [0.15, 0.2) is 36.4 Å². The maximum atomic E-state index is 12.5. The minimum absolute atomic E-state index is 0. The molecule has 0 fully saturated rings. The van der Waals surface area contributed by atoms with Crippen LogP contribution in [-0.2, 0) is 6.54 Å². The molecule has 2 heterocycles. The number of hydrogen-bond donors (Lipinski definition) is 2. The van der Waals surface area contributed by atoms with Crippen molar-refractivity contribution in [2.75, 3.05) is 6.54 Å². The fraction of sp³-hybridized carbons (Fsp3) is 0.333. The zero-order chi connectivity index (χ0) is 17.3. The standard InChI is InChI=1S/C18H22N4OS.ClH/c1-12-14-9-15(16(23)20-18(2,3)11-19)24-17(14)22(21-12)10-13-7-5-4-6-8-13;/h4-9H,10-11,19H2,1-3H3,(H,20,23);1H. The van der Waals surface area contributed by atoms with Gasteiger partial charge in [-0.15, -0.1) is 23.7 Å². The van der Waals surface area contributed by atoms with Crippen molar-refractivity contribution in [2.45, 2.75) is 32.9 Å². The fourth-order valence-electron chi connectivity index (χ4n) is 2.51. The minimum Gasteiger partial charge on any atom is -0.345 e. The average Bonchev–Trinajstić information content (AvgIpc) is 3.10. The lowest BCUT2D eigenvalue weighted by molar-refractivity contribution is 0.0920. The number of aromatic nitrogens is 2. The molecule has 25 heavy (non-hydrogen) atoms. The first-order valence-corrected chi connectivity index (χ1v) is 8.75. The summed E-state index contributed by atoms with van der Waals surface area (Å²) in [5.41, 5.74) is 7.40. The molecule has 0 bridgehead atoms. The third kappa shape index (κ3) is 4.21. The Balaban J connectivity index is 0.00000225. The van der Waals surface area contributed by atoms with Gasteiger partial charge in [0.1, 0.15) is 4.83 Å². The lowest BCUT2D eigenvalue weighted by Gasteiger charge is -2.23. The van der Waals surface area contributed by atoms with Crippen molar-refractivity contribution in [1.29, 1.82) is 0 Å². The highest BCUT2D eigenvalue weighted by Gasteiger charge is 2.22. The maximum Gasteiger partial charge on any atom is 0.261 e. The maximum absolute atomic E-state index is 12.5. The summed E-state index contributed by atoms with van der Waals surface area (Å²) in [6, 6.07) is 12.1. The third-order valence-corrected chi connectivity index (χ3v) is 5.12. The van der Waals surface area contributed by atoms with E-state index in [1.165, 1.54) is 16.9 Å². The summed E-state index contributed by atoms with van der Waals surface area (Å²) >= 11 is 1.47. The number of carbonyl (C=O) groups is 1. The summed E-state index contributed by atoms with van der Waals surface area (Å²) in [5.74, 6) is -0.0858. The lowest BCUT2D eigenvalue weighted by atomic mass is 10.1. The van der Waals surface area contributed by atoms with Crippen LogP contribution in [0.2, 0.25) is 0 Å². The van der Waals surface area contributed by atoms with Crippen LogP contribution >= 0.6 is 23.7 Å². The van der Waals surface area contributed by atoms with E-state index in [1.54, 1.807) is 0 Å². The number of nitrogens with zero attached hydrogens (tertiary/aromatic N) is 2. The smallest absolute Gasteiger partial charge is 0.261 e. The van der Waals surface area contributed by atoms with Gasteiger partial charge in [0.25, 0.3) is 5.91 Å². The second kappa shape index (κ2) is 7.56. The van der Waals surface area contributed by atoms with Crippen molar-refractivity contribution >= 4 is 39.9 Å². The van der Waals surface area contributed by atoms with Crippen LogP contribution in [-0.4, -0.2) is 27.8 Å².